The van der Waals surface area contributed by atoms with Gasteiger partial charge >= 0.3 is 7.12 Å². The van der Waals surface area contributed by atoms with Gasteiger partial charge in [-0.1, -0.05) is 11.6 Å². The van der Waals surface area contributed by atoms with Crippen molar-refractivity contribution >= 4 is 37.0 Å². The second-order valence-electron chi connectivity index (χ2n) is 8.30. The van der Waals surface area contributed by atoms with E-state index in [0.29, 0.717) is 18.1 Å². The lowest BCUT2D eigenvalue weighted by atomic mass is 9.63. The number of hydrogen-bond acceptors (Lipinski definition) is 5. The van der Waals surface area contributed by atoms with Crippen molar-refractivity contribution in [2.45, 2.75) is 58.1 Å². The molecule has 0 aliphatic carbocycles. The molecule has 1 heterocycles. The Hall–Kier alpha value is -0.985. The quantitative estimate of drug-likeness (QED) is 0.577. The lowest BCUT2D eigenvalue weighted by molar-refractivity contribution is -0.123. The first-order valence-corrected chi connectivity index (χ1v) is 9.89. The van der Waals surface area contributed by atoms with Crippen LogP contribution in [0.25, 0.3) is 0 Å². The molecule has 6 nitrogen and oxygen atoms in total. The number of halogens is 2. The fraction of sp³-hybridized carbons (Fsp3) is 0.650. The Labute approximate surface area is 185 Å². The average molecular weight is 448 g/mol. The van der Waals surface area contributed by atoms with Crippen molar-refractivity contribution in [1.82, 2.24) is 0 Å². The highest BCUT2D eigenvalue weighted by molar-refractivity contribution is 6.48. The average Bonchev–Trinajstić information content (AvgIpc) is 2.79. The molecule has 1 aliphatic heterocycles. The van der Waals surface area contributed by atoms with Crippen LogP contribution >= 0.6 is 24.0 Å². The summed E-state index contributed by atoms with van der Waals surface area (Å²) in [6, 6.07) is 5.47. The molecule has 0 radical (unpaired) electrons. The Bertz CT molecular complexity index is 685. The van der Waals surface area contributed by atoms with Gasteiger partial charge in [-0.15, -0.1) is 12.4 Å². The third-order valence-electron chi connectivity index (χ3n) is 5.70. The third kappa shape index (κ3) is 6.25. The van der Waals surface area contributed by atoms with Gasteiger partial charge in [0.25, 0.3) is 0 Å². The van der Waals surface area contributed by atoms with Gasteiger partial charge in [-0.25, -0.2) is 0 Å². The molecule has 1 unspecified atom stereocenters. The first kappa shape index (κ1) is 26.1. The number of carbonyl (C=O) groups is 1. The van der Waals surface area contributed by atoms with E-state index in [1.54, 1.807) is 13.2 Å². The topological polar surface area (TPSA) is 80.0 Å². The lowest BCUT2D eigenvalue weighted by Crippen LogP contribution is -2.41. The Kier molecular flexibility index (Phi) is 9.30. The minimum atomic E-state index is -0.576. The van der Waals surface area contributed by atoms with Gasteiger partial charge in [0, 0.05) is 17.9 Å². The summed E-state index contributed by atoms with van der Waals surface area (Å²) in [6.07, 6.45) is 0.524. The largest absolute Gasteiger partial charge is 0.493 e. The lowest BCUT2D eigenvalue weighted by Gasteiger charge is -2.32. The first-order valence-electron chi connectivity index (χ1n) is 9.51. The summed E-state index contributed by atoms with van der Waals surface area (Å²) in [4.78, 5) is 12.1. The van der Waals surface area contributed by atoms with Crippen LogP contribution in [0.3, 0.4) is 0 Å². The summed E-state index contributed by atoms with van der Waals surface area (Å²) in [5, 5.41) is 0.661. The van der Waals surface area contributed by atoms with Crippen molar-refractivity contribution in [1.29, 1.82) is 0 Å². The third-order valence-corrected chi connectivity index (χ3v) is 5.93. The van der Waals surface area contributed by atoms with E-state index in [-0.39, 0.29) is 24.8 Å². The van der Waals surface area contributed by atoms with Crippen molar-refractivity contribution in [3.8, 4) is 5.75 Å². The molecule has 164 valence electrons. The second kappa shape index (κ2) is 10.4. The highest BCUT2D eigenvalue weighted by atomic mass is 35.5. The smallest absolute Gasteiger partial charge is 0.462 e. The van der Waals surface area contributed by atoms with Crippen LogP contribution in [-0.2, 0) is 18.8 Å². The van der Waals surface area contributed by atoms with Crippen LogP contribution in [0.1, 0.15) is 39.7 Å². The number of rotatable bonds is 9. The summed E-state index contributed by atoms with van der Waals surface area (Å²) in [7, 11) is 0.970. The van der Waals surface area contributed by atoms with Gasteiger partial charge < -0.3 is 24.5 Å². The number of methoxy groups -OCH3 is 1. The molecule has 0 spiro atoms. The van der Waals surface area contributed by atoms with Crippen molar-refractivity contribution in [3.05, 3.63) is 28.8 Å². The molecular formula is C20H32BCl2NO5. The van der Waals surface area contributed by atoms with Crippen molar-refractivity contribution in [2.75, 3.05) is 20.3 Å². The molecule has 1 fully saturated rings. The van der Waals surface area contributed by atoms with Crippen LogP contribution in [0.15, 0.2) is 18.2 Å². The number of nitrogens with two attached hydrogens (primary N) is 1. The highest BCUT2D eigenvalue weighted by Crippen LogP contribution is 2.43. The van der Waals surface area contributed by atoms with Gasteiger partial charge in [-0.2, -0.15) is 0 Å². The van der Waals surface area contributed by atoms with Crippen LogP contribution in [0.4, 0.5) is 0 Å². The zero-order valence-electron chi connectivity index (χ0n) is 18.0. The SMILES string of the molecule is COCC(C(N)=O)[C@@H](CCOc1ccc(Cl)cc1C)B1OC(C)(C)C(C)(C)O1.Cl. The molecular weight excluding hydrogens is 416 g/mol. The Morgan fingerprint density at radius 2 is 1.83 bits per heavy atom. The molecule has 9 heteroatoms. The van der Waals surface area contributed by atoms with E-state index < -0.39 is 30.1 Å². The molecule has 2 atom stereocenters. The number of amides is 1. The van der Waals surface area contributed by atoms with E-state index >= 15 is 0 Å². The fourth-order valence-corrected chi connectivity index (χ4v) is 3.49. The highest BCUT2D eigenvalue weighted by Gasteiger charge is 2.55. The molecule has 2 N–H and O–H groups in total. The van der Waals surface area contributed by atoms with Crippen molar-refractivity contribution < 1.29 is 23.6 Å². The van der Waals surface area contributed by atoms with Gasteiger partial charge in [0.05, 0.1) is 30.3 Å². The van der Waals surface area contributed by atoms with E-state index in [2.05, 4.69) is 0 Å². The summed E-state index contributed by atoms with van der Waals surface area (Å²) in [5.41, 5.74) is 5.61. The summed E-state index contributed by atoms with van der Waals surface area (Å²) >= 11 is 6.00. The maximum absolute atomic E-state index is 12.1. The number of hydrogen-bond donors (Lipinski definition) is 1. The molecule has 0 saturated carbocycles. The molecule has 0 bridgehead atoms. The van der Waals surface area contributed by atoms with E-state index in [0.717, 1.165) is 11.3 Å². The first-order chi connectivity index (χ1) is 13.0. The fourth-order valence-electron chi connectivity index (χ4n) is 3.27. The molecule has 1 saturated heterocycles. The molecule has 0 aromatic heterocycles. The molecule has 1 amide bonds. The Morgan fingerprint density at radius 1 is 1.24 bits per heavy atom. The van der Waals surface area contributed by atoms with Crippen molar-refractivity contribution in [2.24, 2.45) is 11.7 Å². The number of carbonyl (C=O) groups excluding carboxylic acids is 1. The van der Waals surface area contributed by atoms with E-state index in [1.165, 1.54) is 0 Å². The van der Waals surface area contributed by atoms with E-state index in [4.69, 9.17) is 36.1 Å². The minimum absolute atomic E-state index is 0. The van der Waals surface area contributed by atoms with Crippen molar-refractivity contribution in [3.63, 3.8) is 0 Å². The monoisotopic (exact) mass is 447 g/mol. The van der Waals surface area contributed by atoms with Crippen LogP contribution in [-0.4, -0.2) is 44.6 Å². The van der Waals surface area contributed by atoms with Crippen LogP contribution < -0.4 is 10.5 Å². The predicted octanol–water partition coefficient (Wildman–Crippen LogP) is 4.05. The number of benzene rings is 1. The van der Waals surface area contributed by atoms with E-state index in [1.807, 2.05) is 46.8 Å². The number of aryl methyl sites for hydroxylation is 1. The normalized spacial score (nSPS) is 19.3. The Balaban J connectivity index is 0.00000420. The van der Waals surface area contributed by atoms with Gasteiger partial charge in [0.2, 0.25) is 5.91 Å². The zero-order valence-corrected chi connectivity index (χ0v) is 19.6. The number of ether oxygens (including phenoxy) is 2. The van der Waals surface area contributed by atoms with Gasteiger partial charge in [-0.3, -0.25) is 4.79 Å². The maximum atomic E-state index is 12.1. The maximum Gasteiger partial charge on any atom is 0.462 e. The molecule has 2 rings (SSSR count). The summed E-state index contributed by atoms with van der Waals surface area (Å²) in [6.45, 7) is 10.4. The number of primary amides is 1. The predicted molar refractivity (Wildman–Crippen MR) is 118 cm³/mol. The minimum Gasteiger partial charge on any atom is -0.493 e. The van der Waals surface area contributed by atoms with Gasteiger partial charge in [-0.05, 0) is 64.8 Å². The van der Waals surface area contributed by atoms with Gasteiger partial charge in [0.1, 0.15) is 5.75 Å². The van der Waals surface area contributed by atoms with Gasteiger partial charge in [0.15, 0.2) is 0 Å². The summed E-state index contributed by atoms with van der Waals surface area (Å²) < 4.78 is 23.5. The molecule has 1 aromatic carbocycles. The van der Waals surface area contributed by atoms with Crippen LogP contribution in [0.5, 0.6) is 5.75 Å². The van der Waals surface area contributed by atoms with Crippen LogP contribution in [0.2, 0.25) is 10.8 Å². The zero-order chi connectivity index (χ0) is 21.1. The summed E-state index contributed by atoms with van der Waals surface area (Å²) in [5.74, 6) is -0.538. The molecule has 1 aliphatic rings. The molecule has 1 aromatic rings. The second-order valence-corrected chi connectivity index (χ2v) is 8.74. The van der Waals surface area contributed by atoms with Crippen LogP contribution in [0, 0.1) is 12.8 Å². The van der Waals surface area contributed by atoms with E-state index in [9.17, 15) is 4.79 Å². The Morgan fingerprint density at radius 3 is 2.31 bits per heavy atom. The standard InChI is InChI=1S/C20H31BClNO5.ClH/c1-13-11-14(22)7-8-17(13)26-10-9-16(15(12-25-6)18(23)24)21-27-19(2,3)20(4,5)28-21;/h7-8,11,15-16H,9-10,12H2,1-6H3,(H2,23,24);1H/t15?,16-;/m1./s1. The molecule has 29 heavy (non-hydrogen) atoms.